The molecule has 0 bridgehead atoms. The van der Waals surface area contributed by atoms with E-state index in [2.05, 4.69) is 30.0 Å². The molecule has 0 N–H and O–H groups in total. The first-order chi connectivity index (χ1) is 8.62. The minimum atomic E-state index is -0.0334. The van der Waals surface area contributed by atoms with Crippen molar-refractivity contribution < 1.29 is 4.74 Å². The smallest absolute Gasteiger partial charge is 0.122 e. The van der Waals surface area contributed by atoms with Crippen LogP contribution in [0.4, 0.5) is 0 Å². The second-order valence-corrected chi connectivity index (χ2v) is 4.54. The summed E-state index contributed by atoms with van der Waals surface area (Å²) in [7, 11) is 3.69. The molecule has 0 spiro atoms. The third-order valence-electron chi connectivity index (χ3n) is 3.33. The molecule has 0 fully saturated rings. The highest BCUT2D eigenvalue weighted by Crippen LogP contribution is 2.20. The fourth-order valence-electron chi connectivity index (χ4n) is 1.86. The fourth-order valence-corrected chi connectivity index (χ4v) is 1.86. The molecule has 0 heterocycles. The zero-order chi connectivity index (χ0) is 13.5. The number of rotatable bonds is 6. The van der Waals surface area contributed by atoms with Crippen molar-refractivity contribution in [2.75, 3.05) is 20.7 Å². The quantitative estimate of drug-likeness (QED) is 0.774. The number of aryl methyl sites for hydroxylation is 1. The highest BCUT2D eigenvalue weighted by molar-refractivity contribution is 5.37. The molecule has 0 saturated carbocycles. The lowest BCUT2D eigenvalue weighted by molar-refractivity contribution is 0.306. The van der Waals surface area contributed by atoms with Gasteiger partial charge in [0.2, 0.25) is 0 Å². The SMILES string of the molecule is CCc1cc(CCN(C)C(C)C#N)ccc1OC. The Hall–Kier alpha value is -1.53. The molecule has 1 aromatic carbocycles. The molecule has 0 aromatic heterocycles. The van der Waals surface area contributed by atoms with Gasteiger partial charge in [0, 0.05) is 6.54 Å². The van der Waals surface area contributed by atoms with E-state index >= 15 is 0 Å². The van der Waals surface area contributed by atoms with Crippen LogP contribution < -0.4 is 4.74 Å². The van der Waals surface area contributed by atoms with Crippen LogP contribution in [-0.2, 0) is 12.8 Å². The lowest BCUT2D eigenvalue weighted by Crippen LogP contribution is -2.29. The van der Waals surface area contributed by atoms with Gasteiger partial charge in [0.1, 0.15) is 5.75 Å². The van der Waals surface area contributed by atoms with Gasteiger partial charge < -0.3 is 4.74 Å². The lowest BCUT2D eigenvalue weighted by Gasteiger charge is -2.19. The molecule has 3 heteroatoms. The van der Waals surface area contributed by atoms with E-state index in [1.54, 1.807) is 7.11 Å². The molecular formula is C15H22N2O. The molecule has 1 rings (SSSR count). The van der Waals surface area contributed by atoms with Crippen LogP contribution in [0.3, 0.4) is 0 Å². The van der Waals surface area contributed by atoms with Crippen LogP contribution in [0.1, 0.15) is 25.0 Å². The van der Waals surface area contributed by atoms with Crippen molar-refractivity contribution in [3.8, 4) is 11.8 Å². The number of benzene rings is 1. The van der Waals surface area contributed by atoms with E-state index in [1.807, 2.05) is 20.0 Å². The van der Waals surface area contributed by atoms with Crippen LogP contribution in [0.5, 0.6) is 5.75 Å². The van der Waals surface area contributed by atoms with Gasteiger partial charge >= 0.3 is 0 Å². The van der Waals surface area contributed by atoms with Gasteiger partial charge in [-0.05, 0) is 44.0 Å². The van der Waals surface area contributed by atoms with Gasteiger partial charge in [0.05, 0.1) is 19.2 Å². The van der Waals surface area contributed by atoms with Crippen molar-refractivity contribution in [2.45, 2.75) is 32.7 Å². The first kappa shape index (κ1) is 14.5. The molecule has 0 aliphatic heterocycles. The Morgan fingerprint density at radius 3 is 2.72 bits per heavy atom. The first-order valence-electron chi connectivity index (χ1n) is 6.38. The topological polar surface area (TPSA) is 36.3 Å². The van der Waals surface area contributed by atoms with Gasteiger partial charge in [-0.15, -0.1) is 0 Å². The highest BCUT2D eigenvalue weighted by Gasteiger charge is 2.08. The largest absolute Gasteiger partial charge is 0.496 e. The number of nitrogens with zero attached hydrogens (tertiary/aromatic N) is 2. The minimum Gasteiger partial charge on any atom is -0.496 e. The Labute approximate surface area is 110 Å². The van der Waals surface area contributed by atoms with Crippen molar-refractivity contribution in [1.82, 2.24) is 4.90 Å². The Morgan fingerprint density at radius 2 is 2.17 bits per heavy atom. The molecule has 98 valence electrons. The van der Waals surface area contributed by atoms with Crippen LogP contribution in [-0.4, -0.2) is 31.6 Å². The Bertz CT molecular complexity index is 423. The second kappa shape index (κ2) is 7.03. The number of nitriles is 1. The molecule has 0 aliphatic rings. The number of hydrogen-bond acceptors (Lipinski definition) is 3. The Kier molecular flexibility index (Phi) is 5.67. The van der Waals surface area contributed by atoms with Gasteiger partial charge in [0.15, 0.2) is 0 Å². The van der Waals surface area contributed by atoms with E-state index in [0.29, 0.717) is 0 Å². The molecule has 0 radical (unpaired) electrons. The van der Waals surface area contributed by atoms with E-state index in [9.17, 15) is 0 Å². The summed E-state index contributed by atoms with van der Waals surface area (Å²) < 4.78 is 5.32. The fraction of sp³-hybridized carbons (Fsp3) is 0.533. The maximum Gasteiger partial charge on any atom is 0.122 e. The molecule has 0 aliphatic carbocycles. The molecule has 18 heavy (non-hydrogen) atoms. The van der Waals surface area contributed by atoms with Crippen LogP contribution >= 0.6 is 0 Å². The van der Waals surface area contributed by atoms with E-state index in [0.717, 1.165) is 25.1 Å². The van der Waals surface area contributed by atoms with Gasteiger partial charge in [0.25, 0.3) is 0 Å². The van der Waals surface area contributed by atoms with Crippen molar-refractivity contribution in [3.63, 3.8) is 0 Å². The number of likely N-dealkylation sites (N-methyl/N-ethyl adjacent to an activating group) is 1. The van der Waals surface area contributed by atoms with Crippen LogP contribution in [0.2, 0.25) is 0 Å². The second-order valence-electron chi connectivity index (χ2n) is 4.54. The zero-order valence-electron chi connectivity index (χ0n) is 11.7. The standard InChI is InChI=1S/C15H22N2O/c1-5-14-10-13(6-7-15(14)18-4)8-9-17(3)12(2)11-16/h6-7,10,12H,5,8-9H2,1-4H3. The summed E-state index contributed by atoms with van der Waals surface area (Å²) in [6.45, 7) is 4.95. The third-order valence-corrected chi connectivity index (χ3v) is 3.33. The summed E-state index contributed by atoms with van der Waals surface area (Å²) in [5.41, 5.74) is 2.54. The predicted octanol–water partition coefficient (Wildman–Crippen LogP) is 2.64. The van der Waals surface area contributed by atoms with Gasteiger partial charge in [-0.1, -0.05) is 19.1 Å². The summed E-state index contributed by atoms with van der Waals surface area (Å²) in [5.74, 6) is 0.958. The average molecular weight is 246 g/mol. The van der Waals surface area contributed by atoms with E-state index in [4.69, 9.17) is 10.00 Å². The van der Waals surface area contributed by atoms with Crippen molar-refractivity contribution >= 4 is 0 Å². The molecule has 1 aromatic rings. The maximum absolute atomic E-state index is 8.84. The number of hydrogen-bond donors (Lipinski definition) is 0. The van der Waals surface area contributed by atoms with Crippen molar-refractivity contribution in [3.05, 3.63) is 29.3 Å². The molecule has 0 amide bonds. The Balaban J connectivity index is 2.66. The van der Waals surface area contributed by atoms with Crippen molar-refractivity contribution in [2.24, 2.45) is 0 Å². The Morgan fingerprint density at radius 1 is 1.44 bits per heavy atom. The molecule has 1 atom stereocenters. The molecule has 3 nitrogen and oxygen atoms in total. The number of methoxy groups -OCH3 is 1. The average Bonchev–Trinajstić information content (AvgIpc) is 2.43. The summed E-state index contributed by atoms with van der Waals surface area (Å²) >= 11 is 0. The summed E-state index contributed by atoms with van der Waals surface area (Å²) in [6, 6.07) is 8.54. The van der Waals surface area contributed by atoms with Crippen LogP contribution in [0.25, 0.3) is 0 Å². The van der Waals surface area contributed by atoms with Crippen LogP contribution in [0.15, 0.2) is 18.2 Å². The number of ether oxygens (including phenoxy) is 1. The first-order valence-corrected chi connectivity index (χ1v) is 6.38. The lowest BCUT2D eigenvalue weighted by atomic mass is 10.0. The van der Waals surface area contributed by atoms with Gasteiger partial charge in [-0.2, -0.15) is 5.26 Å². The molecule has 1 unspecified atom stereocenters. The normalized spacial score (nSPS) is 12.2. The van der Waals surface area contributed by atoms with Crippen LogP contribution in [0, 0.1) is 11.3 Å². The minimum absolute atomic E-state index is 0.0334. The molecular weight excluding hydrogens is 224 g/mol. The maximum atomic E-state index is 8.84. The van der Waals surface area contributed by atoms with E-state index < -0.39 is 0 Å². The zero-order valence-corrected chi connectivity index (χ0v) is 11.7. The summed E-state index contributed by atoms with van der Waals surface area (Å²) in [4.78, 5) is 2.07. The summed E-state index contributed by atoms with van der Waals surface area (Å²) in [5, 5.41) is 8.84. The third kappa shape index (κ3) is 3.75. The monoisotopic (exact) mass is 246 g/mol. The van der Waals surface area contributed by atoms with Gasteiger partial charge in [-0.3, -0.25) is 4.90 Å². The van der Waals surface area contributed by atoms with E-state index in [-0.39, 0.29) is 6.04 Å². The molecule has 0 saturated heterocycles. The van der Waals surface area contributed by atoms with E-state index in [1.165, 1.54) is 11.1 Å². The van der Waals surface area contributed by atoms with Gasteiger partial charge in [-0.25, -0.2) is 0 Å². The predicted molar refractivity (Wildman–Crippen MR) is 73.8 cm³/mol. The summed E-state index contributed by atoms with van der Waals surface area (Å²) in [6.07, 6.45) is 1.93. The van der Waals surface area contributed by atoms with Crippen molar-refractivity contribution in [1.29, 1.82) is 5.26 Å². The highest BCUT2D eigenvalue weighted by atomic mass is 16.5.